The Kier molecular flexibility index (Phi) is 7.29. The third-order valence-corrected chi connectivity index (χ3v) is 5.30. The molecule has 2 aromatic carbocycles. The van der Waals surface area contributed by atoms with Crippen LogP contribution in [0.25, 0.3) is 21.9 Å². The predicted molar refractivity (Wildman–Crippen MR) is 116 cm³/mol. The number of hydrogen-bond acceptors (Lipinski definition) is 5. The van der Waals surface area contributed by atoms with E-state index in [0.717, 1.165) is 22.4 Å². The Bertz CT molecular complexity index is 1140. The van der Waals surface area contributed by atoms with E-state index >= 15 is 0 Å². The summed E-state index contributed by atoms with van der Waals surface area (Å²) in [5, 5.41) is 21.4. The van der Waals surface area contributed by atoms with E-state index in [2.05, 4.69) is 10.3 Å². The van der Waals surface area contributed by atoms with Crippen LogP contribution in [0.15, 0.2) is 54.7 Å². The Hall–Kier alpha value is -3.50. The molecule has 33 heavy (non-hydrogen) atoms. The zero-order chi connectivity index (χ0) is 24.2. The van der Waals surface area contributed by atoms with Crippen molar-refractivity contribution in [3.8, 4) is 11.1 Å². The van der Waals surface area contributed by atoms with Gasteiger partial charge in [0.2, 0.25) is 0 Å². The molecule has 1 aromatic heterocycles. The molecule has 2 atom stereocenters. The van der Waals surface area contributed by atoms with Crippen molar-refractivity contribution >= 4 is 23.2 Å². The van der Waals surface area contributed by atoms with Crippen LogP contribution in [0.5, 0.6) is 0 Å². The fraction of sp³-hybridized carbons (Fsp3) is 0.261. The van der Waals surface area contributed by atoms with Crippen molar-refractivity contribution in [2.24, 2.45) is 0 Å². The third kappa shape index (κ3) is 5.65. The van der Waals surface area contributed by atoms with E-state index in [-0.39, 0.29) is 18.4 Å². The highest BCUT2D eigenvalue weighted by Gasteiger charge is 2.32. The molecule has 1 aliphatic rings. The lowest BCUT2D eigenvalue weighted by molar-refractivity contribution is -0.141. The molecule has 1 fully saturated rings. The van der Waals surface area contributed by atoms with Gasteiger partial charge in [-0.15, -0.1) is 0 Å². The number of likely N-dealkylation sites (tertiary alicyclic amines) is 1. The Labute approximate surface area is 187 Å². The van der Waals surface area contributed by atoms with E-state index in [0.29, 0.717) is 24.2 Å². The molecular weight excluding hydrogens is 439 g/mol. The molecule has 10 heteroatoms. The van der Waals surface area contributed by atoms with Crippen molar-refractivity contribution in [2.75, 3.05) is 20.1 Å². The van der Waals surface area contributed by atoms with Gasteiger partial charge in [0, 0.05) is 30.4 Å². The number of hydrogen-bond donors (Lipinski definition) is 3. The van der Waals surface area contributed by atoms with Gasteiger partial charge in [-0.3, -0.25) is 14.6 Å². The first-order chi connectivity index (χ1) is 15.6. The number of fused-ring (bicyclic) bond motifs is 1. The molecular formula is C23H22F3N3O4. The van der Waals surface area contributed by atoms with Gasteiger partial charge in [-0.25, -0.2) is 0 Å². The van der Waals surface area contributed by atoms with Crippen LogP contribution in [-0.2, 0) is 11.0 Å². The van der Waals surface area contributed by atoms with Crippen LogP contribution in [-0.4, -0.2) is 64.8 Å². The van der Waals surface area contributed by atoms with Gasteiger partial charge in [0.05, 0.1) is 12.1 Å². The quantitative estimate of drug-likeness (QED) is 0.519. The van der Waals surface area contributed by atoms with Crippen molar-refractivity contribution in [1.29, 1.82) is 0 Å². The number of nitrogens with zero attached hydrogens (tertiary/aromatic N) is 2. The standard InChI is InChI=1S/C22H20F3N3O2.CH2O2/c1-28-11-18(19(29)12-28)27-21(30)14-5-7-17-13(9-14)3-2-4-16(17)15-6-8-20(26-10-15)22(23,24)25;2-1-3/h2-10,18-19,29H,11-12H2,1H3,(H,27,30);1H,(H,2,3)/t18-,19-;/m1./s1. The number of rotatable bonds is 3. The first kappa shape index (κ1) is 24.1. The van der Waals surface area contributed by atoms with Gasteiger partial charge in [0.15, 0.2) is 0 Å². The first-order valence-corrected chi connectivity index (χ1v) is 9.95. The summed E-state index contributed by atoms with van der Waals surface area (Å²) in [5.74, 6) is -0.280. The Balaban J connectivity index is 0.000000968. The second-order valence-electron chi connectivity index (χ2n) is 7.65. The monoisotopic (exact) mass is 461 g/mol. The maximum atomic E-state index is 12.8. The summed E-state index contributed by atoms with van der Waals surface area (Å²) in [6, 6.07) is 12.6. The molecule has 0 unspecified atom stereocenters. The van der Waals surface area contributed by atoms with E-state index in [1.165, 1.54) is 12.3 Å². The highest BCUT2D eigenvalue weighted by molar-refractivity contribution is 6.02. The lowest BCUT2D eigenvalue weighted by Crippen LogP contribution is -2.42. The topological polar surface area (TPSA) is 103 Å². The van der Waals surface area contributed by atoms with Crippen LogP contribution in [0.4, 0.5) is 13.2 Å². The van der Waals surface area contributed by atoms with Crippen LogP contribution in [0.3, 0.4) is 0 Å². The minimum atomic E-state index is -4.48. The van der Waals surface area contributed by atoms with Gasteiger partial charge in [-0.05, 0) is 41.6 Å². The minimum Gasteiger partial charge on any atom is -0.483 e. The molecule has 0 spiro atoms. The van der Waals surface area contributed by atoms with Crippen molar-refractivity contribution < 1.29 is 33.0 Å². The molecule has 7 nitrogen and oxygen atoms in total. The van der Waals surface area contributed by atoms with Crippen LogP contribution in [0.2, 0.25) is 0 Å². The number of aromatic nitrogens is 1. The fourth-order valence-electron chi connectivity index (χ4n) is 3.77. The molecule has 1 saturated heterocycles. The zero-order valence-electron chi connectivity index (χ0n) is 17.6. The highest BCUT2D eigenvalue weighted by Crippen LogP contribution is 2.32. The number of alkyl halides is 3. The van der Waals surface area contributed by atoms with Crippen LogP contribution >= 0.6 is 0 Å². The zero-order valence-corrected chi connectivity index (χ0v) is 17.6. The summed E-state index contributed by atoms with van der Waals surface area (Å²) in [4.78, 5) is 26.5. The third-order valence-electron chi connectivity index (χ3n) is 5.30. The van der Waals surface area contributed by atoms with Crippen LogP contribution in [0.1, 0.15) is 16.1 Å². The molecule has 4 rings (SSSR count). The smallest absolute Gasteiger partial charge is 0.433 e. The van der Waals surface area contributed by atoms with Gasteiger partial charge in [0.1, 0.15) is 5.69 Å². The molecule has 0 bridgehead atoms. The van der Waals surface area contributed by atoms with Crippen molar-refractivity contribution in [3.05, 3.63) is 66.0 Å². The van der Waals surface area contributed by atoms with E-state index in [1.807, 2.05) is 18.0 Å². The summed E-state index contributed by atoms with van der Waals surface area (Å²) in [5.41, 5.74) is 0.800. The number of aliphatic hydroxyl groups excluding tert-OH is 1. The number of halogens is 3. The minimum absolute atomic E-state index is 0.250. The Morgan fingerprint density at radius 1 is 1.18 bits per heavy atom. The molecule has 3 N–H and O–H groups in total. The van der Waals surface area contributed by atoms with E-state index in [1.54, 1.807) is 30.3 Å². The Morgan fingerprint density at radius 2 is 1.91 bits per heavy atom. The van der Waals surface area contributed by atoms with Gasteiger partial charge in [-0.1, -0.05) is 30.3 Å². The number of pyridine rings is 1. The molecule has 1 aliphatic heterocycles. The number of aliphatic hydroxyl groups is 1. The molecule has 174 valence electrons. The molecule has 3 aromatic rings. The average molecular weight is 461 g/mol. The van der Waals surface area contributed by atoms with Crippen LogP contribution in [0, 0.1) is 0 Å². The molecule has 0 aliphatic carbocycles. The molecule has 2 heterocycles. The van der Waals surface area contributed by atoms with E-state index < -0.39 is 18.0 Å². The molecule has 0 saturated carbocycles. The molecule has 1 amide bonds. The number of carbonyl (C=O) groups excluding carboxylic acids is 1. The highest BCUT2D eigenvalue weighted by atomic mass is 19.4. The van der Waals surface area contributed by atoms with Crippen molar-refractivity contribution in [2.45, 2.75) is 18.3 Å². The fourth-order valence-corrected chi connectivity index (χ4v) is 3.77. The second kappa shape index (κ2) is 9.97. The number of likely N-dealkylation sites (N-methyl/N-ethyl adjacent to an activating group) is 1. The summed E-state index contributed by atoms with van der Waals surface area (Å²) in [6.45, 7) is 0.832. The van der Waals surface area contributed by atoms with Gasteiger partial charge >= 0.3 is 6.18 Å². The summed E-state index contributed by atoms with van der Waals surface area (Å²) >= 11 is 0. The average Bonchev–Trinajstić information content (AvgIpc) is 3.09. The summed E-state index contributed by atoms with van der Waals surface area (Å²) in [6.07, 6.45) is -3.89. The number of amides is 1. The molecule has 0 radical (unpaired) electrons. The van der Waals surface area contributed by atoms with Gasteiger partial charge in [-0.2, -0.15) is 13.2 Å². The number of β-amino-alcohol motifs (C(OH)–C–C–N with tert-alkyl or cyclic N) is 1. The number of benzene rings is 2. The Morgan fingerprint density at radius 3 is 2.48 bits per heavy atom. The second-order valence-corrected chi connectivity index (χ2v) is 7.65. The van der Waals surface area contributed by atoms with Gasteiger partial charge in [0.25, 0.3) is 12.4 Å². The largest absolute Gasteiger partial charge is 0.483 e. The van der Waals surface area contributed by atoms with E-state index in [9.17, 15) is 23.1 Å². The predicted octanol–water partition coefficient (Wildman–Crippen LogP) is 3.03. The SMILES string of the molecule is CN1C[C@@H](O)[C@H](NC(=O)c2ccc3c(-c4ccc(C(F)(F)F)nc4)cccc3c2)C1.O=CO. The lowest BCUT2D eigenvalue weighted by atomic mass is 9.97. The number of nitrogens with one attached hydrogen (secondary N) is 1. The van der Waals surface area contributed by atoms with Crippen LogP contribution < -0.4 is 5.32 Å². The van der Waals surface area contributed by atoms with Gasteiger partial charge < -0.3 is 20.4 Å². The van der Waals surface area contributed by atoms with Crippen molar-refractivity contribution in [1.82, 2.24) is 15.2 Å². The van der Waals surface area contributed by atoms with Crippen molar-refractivity contribution in [3.63, 3.8) is 0 Å². The number of carbonyl (C=O) groups is 2. The summed E-state index contributed by atoms with van der Waals surface area (Å²) in [7, 11) is 1.88. The maximum Gasteiger partial charge on any atom is 0.433 e. The summed E-state index contributed by atoms with van der Waals surface area (Å²) < 4.78 is 38.3. The maximum absolute atomic E-state index is 12.8. The number of carboxylic acid groups (broad SMARTS) is 1. The first-order valence-electron chi connectivity index (χ1n) is 9.95. The van der Waals surface area contributed by atoms with E-state index in [4.69, 9.17) is 9.90 Å². The normalized spacial score (nSPS) is 18.5. The lowest BCUT2D eigenvalue weighted by Gasteiger charge is -2.16.